The normalized spacial score (nSPS) is 47.6. The third kappa shape index (κ3) is 16.4. The Balaban J connectivity index is 1.26. The highest BCUT2D eigenvalue weighted by atomic mass is 16.8. The topological polar surface area (TPSA) is 621 Å². The molecule has 7 heterocycles. The lowest BCUT2D eigenvalue weighted by Crippen LogP contribution is -2.71. The van der Waals surface area contributed by atoms with Crippen LogP contribution >= 0.6 is 0 Å². The molecule has 40 heteroatoms. The molecule has 520 valence electrons. The number of carbonyl (C=O) groups excluding carboxylic acids is 4. The monoisotopic (exact) mass is 1320 g/mol. The van der Waals surface area contributed by atoms with Crippen LogP contribution in [-0.4, -0.2) is 382 Å². The highest BCUT2D eigenvalue weighted by Gasteiger charge is 2.59. The largest absolute Gasteiger partial charge is 0.394 e. The van der Waals surface area contributed by atoms with E-state index in [1.54, 1.807) is 0 Å². The van der Waals surface area contributed by atoms with Crippen LogP contribution in [0.15, 0.2) is 0 Å². The molecular weight excluding hydrogens is 1230 g/mol. The summed E-state index contributed by atoms with van der Waals surface area (Å²) in [7, 11) is 0. The number of amides is 4. The summed E-state index contributed by atoms with van der Waals surface area (Å²) < 4.78 is 76.8. The Bertz CT molecular complexity index is 2310. The quantitative estimate of drug-likeness (QED) is 0.0452. The van der Waals surface area contributed by atoms with Crippen LogP contribution in [0.25, 0.3) is 0 Å². The van der Waals surface area contributed by atoms with Gasteiger partial charge in [0.1, 0.15) is 171 Å². The first-order valence-corrected chi connectivity index (χ1v) is 28.6. The standard InChI is InChI=1S/C50H84N4O36/c1-12(61)51-23-33(71)39(19(8-58)79-44(23)77)86-47-26(54-15(4)64)34(72)40(20(9-59)83-47)88-49-38(76)42(30(68)22(85-49)11-78-48-36(74)35(73)29(67)18(7-57)82-48)89-50-43(90-46-25(53-14(3)63)32(70)28(66)17(6-56)81-46)37(75)41(21(10-60)84-50)87-45-24(52-13(2)62)31(69)27(65)16(5-55)80-45/h16-50,55-60,65-77H,5-11H2,1-4H3,(H,51,61)(H,52,62)(H,53,63)(H,54,64)/t16-,17-,18-,19-,20-,21-,22-,23-,24-,25-,26-,27-,28-,29-,30-,31-,32-,33-,34-,35+,36+,37+,38+,39-,40-,41-,42+,43+,44?,45+,46+,47+,48+,49+,50-/m1/s1. The van der Waals surface area contributed by atoms with Gasteiger partial charge in [0.05, 0.1) is 46.2 Å². The Morgan fingerprint density at radius 3 is 1.06 bits per heavy atom. The van der Waals surface area contributed by atoms with E-state index in [2.05, 4.69) is 21.3 Å². The van der Waals surface area contributed by atoms with Crippen LogP contribution in [0, 0.1) is 0 Å². The van der Waals surface area contributed by atoms with Crippen molar-refractivity contribution in [2.75, 3.05) is 46.2 Å². The number of nitrogens with one attached hydrogen (secondary N) is 4. The number of rotatable bonds is 23. The summed E-state index contributed by atoms with van der Waals surface area (Å²) >= 11 is 0. The maximum Gasteiger partial charge on any atom is 0.217 e. The van der Waals surface area contributed by atoms with Crippen molar-refractivity contribution in [3.05, 3.63) is 0 Å². The van der Waals surface area contributed by atoms with Gasteiger partial charge in [-0.2, -0.15) is 0 Å². The van der Waals surface area contributed by atoms with Crippen molar-refractivity contribution >= 4 is 23.6 Å². The Morgan fingerprint density at radius 1 is 0.289 bits per heavy atom. The van der Waals surface area contributed by atoms with Crippen molar-refractivity contribution in [2.45, 2.75) is 242 Å². The lowest BCUT2D eigenvalue weighted by atomic mass is 9.93. The summed E-state index contributed by atoms with van der Waals surface area (Å²) in [6.07, 6.45) is -62.1. The Labute approximate surface area is 510 Å². The lowest BCUT2D eigenvalue weighted by Gasteiger charge is -2.51. The highest BCUT2D eigenvalue weighted by Crippen LogP contribution is 2.38. The molecule has 0 bridgehead atoms. The van der Waals surface area contributed by atoms with Gasteiger partial charge < -0.3 is 180 Å². The Kier molecular flexibility index (Phi) is 26.6. The molecule has 90 heavy (non-hydrogen) atoms. The molecule has 0 aromatic rings. The van der Waals surface area contributed by atoms with Gasteiger partial charge in [-0.05, 0) is 0 Å². The zero-order valence-electron chi connectivity index (χ0n) is 48.6. The van der Waals surface area contributed by atoms with Crippen molar-refractivity contribution in [2.24, 2.45) is 0 Å². The van der Waals surface area contributed by atoms with Gasteiger partial charge >= 0.3 is 0 Å². The van der Waals surface area contributed by atoms with Gasteiger partial charge in [-0.3, -0.25) is 19.2 Å². The van der Waals surface area contributed by atoms with Crippen LogP contribution in [0.5, 0.6) is 0 Å². The fourth-order valence-electron chi connectivity index (χ4n) is 11.5. The molecule has 7 rings (SSSR count). The number of hydrogen-bond donors (Lipinski definition) is 23. The third-order valence-electron chi connectivity index (χ3n) is 16.1. The maximum atomic E-state index is 12.8. The predicted molar refractivity (Wildman–Crippen MR) is 278 cm³/mol. The van der Waals surface area contributed by atoms with E-state index in [1.165, 1.54) is 0 Å². The molecule has 7 fully saturated rings. The zero-order valence-corrected chi connectivity index (χ0v) is 48.6. The minimum absolute atomic E-state index is 0.749. The summed E-state index contributed by atoms with van der Waals surface area (Å²) in [5.41, 5.74) is 0. The molecule has 0 aromatic carbocycles. The van der Waals surface area contributed by atoms with E-state index in [4.69, 9.17) is 61.6 Å². The summed E-state index contributed by atoms with van der Waals surface area (Å²) in [6, 6.07) is -6.94. The highest BCUT2D eigenvalue weighted by molar-refractivity contribution is 5.74. The summed E-state index contributed by atoms with van der Waals surface area (Å²) in [5.74, 6) is -3.33. The molecule has 4 amide bonds. The zero-order chi connectivity index (χ0) is 66.5. The number of aliphatic hydroxyl groups excluding tert-OH is 19. The second-order valence-electron chi connectivity index (χ2n) is 22.5. The Hall–Kier alpha value is -3.40. The molecule has 0 aromatic heterocycles. The average molecular weight is 1320 g/mol. The number of hydrogen-bond acceptors (Lipinski definition) is 36. The fraction of sp³-hybridized carbons (Fsp3) is 0.920. The molecule has 0 radical (unpaired) electrons. The fourth-order valence-corrected chi connectivity index (χ4v) is 11.5. The summed E-state index contributed by atoms with van der Waals surface area (Å²) in [4.78, 5) is 49.8. The average Bonchev–Trinajstić information content (AvgIpc) is 0.807. The maximum absolute atomic E-state index is 12.8. The first-order chi connectivity index (χ1) is 42.5. The molecule has 35 atom stereocenters. The van der Waals surface area contributed by atoms with Gasteiger partial charge in [0.15, 0.2) is 44.0 Å². The van der Waals surface area contributed by atoms with E-state index in [-0.39, 0.29) is 0 Å². The van der Waals surface area contributed by atoms with Crippen molar-refractivity contribution in [3.8, 4) is 0 Å². The summed E-state index contributed by atoms with van der Waals surface area (Å²) in [6.45, 7) is -3.16. The molecule has 7 aliphatic rings. The molecule has 0 spiro atoms. The van der Waals surface area contributed by atoms with Crippen molar-refractivity contribution in [1.29, 1.82) is 0 Å². The first kappa shape index (κ1) is 74.0. The van der Waals surface area contributed by atoms with Crippen LogP contribution < -0.4 is 21.3 Å². The summed E-state index contributed by atoms with van der Waals surface area (Å²) in [5, 5.41) is 218. The third-order valence-corrected chi connectivity index (χ3v) is 16.1. The van der Waals surface area contributed by atoms with Crippen LogP contribution in [0.1, 0.15) is 27.7 Å². The predicted octanol–water partition coefficient (Wildman–Crippen LogP) is -15.7. The molecule has 0 saturated carbocycles. The minimum atomic E-state index is -2.46. The van der Waals surface area contributed by atoms with E-state index in [1.807, 2.05) is 0 Å². The second-order valence-corrected chi connectivity index (χ2v) is 22.5. The van der Waals surface area contributed by atoms with E-state index < -0.39 is 285 Å². The van der Waals surface area contributed by atoms with Gasteiger partial charge in [-0.15, -0.1) is 0 Å². The van der Waals surface area contributed by atoms with Crippen molar-refractivity contribution in [3.63, 3.8) is 0 Å². The van der Waals surface area contributed by atoms with Crippen molar-refractivity contribution in [1.82, 2.24) is 21.3 Å². The minimum Gasteiger partial charge on any atom is -0.394 e. The molecule has 7 saturated heterocycles. The van der Waals surface area contributed by atoms with Crippen LogP contribution in [0.4, 0.5) is 0 Å². The number of aliphatic hydroxyl groups is 19. The van der Waals surface area contributed by atoms with Gasteiger partial charge in [0.2, 0.25) is 23.6 Å². The van der Waals surface area contributed by atoms with E-state index >= 15 is 0 Å². The second kappa shape index (κ2) is 32.4. The number of carbonyl (C=O) groups is 4. The molecule has 40 nitrogen and oxygen atoms in total. The number of ether oxygens (including phenoxy) is 13. The van der Waals surface area contributed by atoms with E-state index in [0.29, 0.717) is 0 Å². The van der Waals surface area contributed by atoms with Gasteiger partial charge in [-0.1, -0.05) is 0 Å². The SMILES string of the molecule is CC(=O)N[C@H]1[C@H](O[C@H]2[C@H](O)[C@@H](NC(C)=O)C(O)O[C@@H]2CO)O[C@H](CO)[C@@H](O[C@@H]2O[C@H](CO[C@H]3O[C@H](CO)[C@@H](O)[C@H](O)[C@@H]3O)[C@@H](O)[C@H](O[C@H]3O[C@H](CO)[C@@H](O[C@@H]4O[C@H](CO)[C@@H](O)[C@H](O)[C@H]4NC(C)=O)[C@H](O)[C@@H]3O[C@@H]3O[C@H](CO)[C@@H](O)[C@H](O)[C@H]3NC(C)=O)[C@@H]2O)[C@@H]1O. The van der Waals surface area contributed by atoms with E-state index in [0.717, 1.165) is 27.7 Å². The smallest absolute Gasteiger partial charge is 0.217 e. The van der Waals surface area contributed by atoms with Crippen LogP contribution in [0.2, 0.25) is 0 Å². The molecular formula is C50H84N4O36. The van der Waals surface area contributed by atoms with Crippen LogP contribution in [0.3, 0.4) is 0 Å². The molecule has 7 aliphatic heterocycles. The molecule has 1 unspecified atom stereocenters. The Morgan fingerprint density at radius 2 is 0.611 bits per heavy atom. The van der Waals surface area contributed by atoms with Crippen LogP contribution in [-0.2, 0) is 80.8 Å². The molecule has 23 N–H and O–H groups in total. The van der Waals surface area contributed by atoms with E-state index in [9.17, 15) is 116 Å². The van der Waals surface area contributed by atoms with Gasteiger partial charge in [0.25, 0.3) is 0 Å². The molecule has 0 aliphatic carbocycles. The van der Waals surface area contributed by atoms with Crippen molar-refractivity contribution < 1.29 is 178 Å². The van der Waals surface area contributed by atoms with Gasteiger partial charge in [0, 0.05) is 27.7 Å². The van der Waals surface area contributed by atoms with Gasteiger partial charge in [-0.25, -0.2) is 0 Å². The first-order valence-electron chi connectivity index (χ1n) is 28.6. The lowest BCUT2D eigenvalue weighted by molar-refractivity contribution is -0.402.